The van der Waals surface area contributed by atoms with E-state index >= 15 is 0 Å². The Morgan fingerprint density at radius 2 is 0.760 bits per heavy atom. The van der Waals surface area contributed by atoms with Gasteiger partial charge in [-0.3, -0.25) is 4.98 Å². The molecule has 5 heteroatoms. The number of benzene rings is 4. The summed E-state index contributed by atoms with van der Waals surface area (Å²) in [5, 5.41) is 12.1. The van der Waals surface area contributed by atoms with Crippen LogP contribution in [0.5, 0.6) is 0 Å². The Bertz CT molecular complexity index is 2380. The molecule has 0 fully saturated rings. The third kappa shape index (κ3) is 5.07. The number of rotatable bonds is 4. The number of hydrogen-bond donors (Lipinski definition) is 3. The molecule has 2 atom stereocenters. The van der Waals surface area contributed by atoms with E-state index in [0.717, 1.165) is 83.7 Å². The quantitative estimate of drug-likeness (QED) is 0.178. The topological polar surface area (TPSA) is 77.6 Å². The standard InChI is InChI=1S/C45H34N4O/c1-28-43-41(31-18-10-4-11-19-31)37-26-24-35(47-37)39(29-14-6-2-7-15-29)33-22-23-34(46-33)40(30-16-8-3-9-17-30)36-25-27-38(48-36)42(44(49-43)45(28)50)32-20-12-5-13-21-32/h2-28,45,47-48,50H,1H3/t28-,45+/m1/s1. The predicted molar refractivity (Wildman–Crippen MR) is 205 cm³/mol. The van der Waals surface area contributed by atoms with Gasteiger partial charge in [0, 0.05) is 50.2 Å². The van der Waals surface area contributed by atoms with E-state index in [9.17, 15) is 5.11 Å². The zero-order valence-electron chi connectivity index (χ0n) is 27.5. The van der Waals surface area contributed by atoms with Gasteiger partial charge in [0.15, 0.2) is 0 Å². The maximum Gasteiger partial charge on any atom is 0.105 e. The first-order valence-corrected chi connectivity index (χ1v) is 17.0. The summed E-state index contributed by atoms with van der Waals surface area (Å²) in [6.45, 7) is 2.07. The Balaban J connectivity index is 1.51. The average molecular weight is 647 g/mol. The molecule has 2 aliphatic rings. The number of fused-ring (bicyclic) bond motifs is 8. The Kier molecular flexibility index (Phi) is 7.33. The molecular formula is C45H34N4O. The lowest BCUT2D eigenvalue weighted by Crippen LogP contribution is -2.02. The Morgan fingerprint density at radius 1 is 0.420 bits per heavy atom. The van der Waals surface area contributed by atoms with Gasteiger partial charge in [-0.2, -0.15) is 0 Å². The van der Waals surface area contributed by atoms with Crippen molar-refractivity contribution in [2.24, 2.45) is 0 Å². The molecule has 7 aromatic rings. The highest BCUT2D eigenvalue weighted by molar-refractivity contribution is 5.97. The van der Waals surface area contributed by atoms with E-state index in [0.29, 0.717) is 5.69 Å². The zero-order valence-corrected chi connectivity index (χ0v) is 27.5. The van der Waals surface area contributed by atoms with Gasteiger partial charge in [0.2, 0.25) is 0 Å². The zero-order chi connectivity index (χ0) is 33.6. The molecule has 9 rings (SSSR count). The van der Waals surface area contributed by atoms with Gasteiger partial charge in [-0.05, 0) is 58.7 Å². The van der Waals surface area contributed by atoms with Crippen molar-refractivity contribution in [3.05, 3.63) is 168 Å². The summed E-state index contributed by atoms with van der Waals surface area (Å²) >= 11 is 0. The Hall–Kier alpha value is -6.30. The first kappa shape index (κ1) is 29.8. The van der Waals surface area contributed by atoms with Crippen molar-refractivity contribution in [3.8, 4) is 44.5 Å². The van der Waals surface area contributed by atoms with Crippen molar-refractivity contribution in [2.75, 3.05) is 0 Å². The summed E-state index contributed by atoms with van der Waals surface area (Å²) < 4.78 is 0. The van der Waals surface area contributed by atoms with Crippen LogP contribution in [0, 0.1) is 0 Å². The molecule has 0 aliphatic carbocycles. The van der Waals surface area contributed by atoms with Crippen molar-refractivity contribution in [1.82, 2.24) is 19.9 Å². The lowest BCUT2D eigenvalue weighted by atomic mass is 9.92. The monoisotopic (exact) mass is 646 g/mol. The van der Waals surface area contributed by atoms with Crippen LogP contribution in [0.3, 0.4) is 0 Å². The SMILES string of the molecule is C[C@@H]1c2nc(c(-c3ccccc3)c3ccc([nH]3)c(-c3ccccc3)c3nc(c(-c4ccccc4)c4ccc([nH]4)c2-c2ccccc2)C=C3)[C@H]1O. The second-order valence-electron chi connectivity index (χ2n) is 12.9. The molecule has 240 valence electrons. The molecule has 0 amide bonds. The minimum Gasteiger partial charge on any atom is -0.386 e. The van der Waals surface area contributed by atoms with Crippen LogP contribution in [0.4, 0.5) is 0 Å². The molecule has 2 aliphatic heterocycles. The van der Waals surface area contributed by atoms with E-state index < -0.39 is 6.10 Å². The highest BCUT2D eigenvalue weighted by Gasteiger charge is 2.32. The van der Waals surface area contributed by atoms with Gasteiger partial charge in [0.05, 0.1) is 22.8 Å². The van der Waals surface area contributed by atoms with Gasteiger partial charge in [-0.1, -0.05) is 128 Å². The van der Waals surface area contributed by atoms with E-state index in [1.165, 1.54) is 0 Å². The van der Waals surface area contributed by atoms with Gasteiger partial charge < -0.3 is 15.1 Å². The van der Waals surface area contributed by atoms with Crippen LogP contribution >= 0.6 is 0 Å². The first-order chi connectivity index (χ1) is 24.6. The van der Waals surface area contributed by atoms with Gasteiger partial charge >= 0.3 is 0 Å². The van der Waals surface area contributed by atoms with E-state index in [4.69, 9.17) is 9.97 Å². The number of nitrogens with one attached hydrogen (secondary N) is 2. The van der Waals surface area contributed by atoms with Crippen LogP contribution in [0.2, 0.25) is 0 Å². The molecule has 3 aromatic heterocycles. The van der Waals surface area contributed by atoms with E-state index in [-0.39, 0.29) is 5.92 Å². The lowest BCUT2D eigenvalue weighted by molar-refractivity contribution is 0.159. The third-order valence-corrected chi connectivity index (χ3v) is 9.79. The number of aromatic nitrogens is 4. The molecule has 8 bridgehead atoms. The predicted octanol–water partition coefficient (Wildman–Crippen LogP) is 11.0. The van der Waals surface area contributed by atoms with Crippen LogP contribution < -0.4 is 0 Å². The lowest BCUT2D eigenvalue weighted by Gasteiger charge is -2.14. The molecule has 5 nitrogen and oxygen atoms in total. The Morgan fingerprint density at radius 3 is 1.16 bits per heavy atom. The molecule has 4 aromatic carbocycles. The number of hydrogen-bond acceptors (Lipinski definition) is 3. The van der Waals surface area contributed by atoms with E-state index in [1.807, 2.05) is 48.5 Å². The summed E-state index contributed by atoms with van der Waals surface area (Å²) in [7, 11) is 0. The van der Waals surface area contributed by atoms with Gasteiger partial charge in [0.25, 0.3) is 0 Å². The average Bonchev–Trinajstić information content (AvgIpc) is 3.99. The highest BCUT2D eigenvalue weighted by atomic mass is 16.3. The molecule has 0 unspecified atom stereocenters. The van der Waals surface area contributed by atoms with Crippen molar-refractivity contribution in [2.45, 2.75) is 18.9 Å². The molecule has 0 radical (unpaired) electrons. The summed E-state index contributed by atoms with van der Waals surface area (Å²) in [5.41, 5.74) is 14.9. The fraction of sp³-hybridized carbons (Fsp3) is 0.0667. The van der Waals surface area contributed by atoms with Crippen LogP contribution in [-0.2, 0) is 0 Å². The van der Waals surface area contributed by atoms with Crippen LogP contribution in [-0.4, -0.2) is 25.0 Å². The second-order valence-corrected chi connectivity index (χ2v) is 12.9. The van der Waals surface area contributed by atoms with Crippen molar-refractivity contribution in [1.29, 1.82) is 0 Å². The molecular weight excluding hydrogens is 613 g/mol. The second kappa shape index (κ2) is 12.3. The summed E-state index contributed by atoms with van der Waals surface area (Å²) in [4.78, 5) is 18.3. The molecule has 0 saturated carbocycles. The smallest absolute Gasteiger partial charge is 0.105 e. The summed E-state index contributed by atoms with van der Waals surface area (Å²) in [6.07, 6.45) is 3.41. The van der Waals surface area contributed by atoms with Gasteiger partial charge in [0.1, 0.15) is 6.10 Å². The maximum absolute atomic E-state index is 12.1. The van der Waals surface area contributed by atoms with Crippen LogP contribution in [0.15, 0.2) is 146 Å². The summed E-state index contributed by atoms with van der Waals surface area (Å²) in [6, 6.07) is 49.9. The van der Waals surface area contributed by atoms with Gasteiger partial charge in [-0.15, -0.1) is 0 Å². The number of aromatic amines is 2. The Labute approximate surface area is 290 Å². The molecule has 3 N–H and O–H groups in total. The fourth-order valence-corrected chi connectivity index (χ4v) is 7.37. The number of aliphatic hydroxyl groups is 1. The third-order valence-electron chi connectivity index (χ3n) is 9.79. The van der Waals surface area contributed by atoms with Crippen molar-refractivity contribution < 1.29 is 5.11 Å². The van der Waals surface area contributed by atoms with Crippen LogP contribution in [0.25, 0.3) is 78.7 Å². The molecule has 0 saturated heterocycles. The minimum absolute atomic E-state index is 0.265. The minimum atomic E-state index is -0.821. The highest BCUT2D eigenvalue weighted by Crippen LogP contribution is 2.45. The molecule has 0 spiro atoms. The molecule has 50 heavy (non-hydrogen) atoms. The maximum atomic E-state index is 12.1. The van der Waals surface area contributed by atoms with Crippen molar-refractivity contribution in [3.63, 3.8) is 0 Å². The van der Waals surface area contributed by atoms with Gasteiger partial charge in [-0.25, -0.2) is 4.98 Å². The number of aliphatic hydroxyl groups excluding tert-OH is 1. The fourth-order valence-electron chi connectivity index (χ4n) is 7.37. The van der Waals surface area contributed by atoms with E-state index in [2.05, 4.69) is 126 Å². The van der Waals surface area contributed by atoms with Crippen molar-refractivity contribution >= 4 is 34.2 Å². The number of nitrogens with zero attached hydrogens (tertiary/aromatic N) is 2. The largest absolute Gasteiger partial charge is 0.386 e. The number of H-pyrrole nitrogens is 2. The molecule has 5 heterocycles. The first-order valence-electron chi connectivity index (χ1n) is 17.0. The van der Waals surface area contributed by atoms with Crippen LogP contribution in [0.1, 0.15) is 41.7 Å². The summed E-state index contributed by atoms with van der Waals surface area (Å²) in [5.74, 6) is -0.265. The normalized spacial score (nSPS) is 15.3. The van der Waals surface area contributed by atoms with E-state index in [1.54, 1.807) is 0 Å².